The number of hydrogen-bond donors (Lipinski definition) is 0. The first-order valence-electron chi connectivity index (χ1n) is 8.87. The normalized spacial score (nSPS) is 11.7. The number of aromatic nitrogens is 2. The van der Waals surface area contributed by atoms with Crippen molar-refractivity contribution >= 4 is 32.3 Å². The molecule has 2 aromatic heterocycles. The predicted octanol–water partition coefficient (Wildman–Crippen LogP) is 2.99. The average Bonchev–Trinajstić information content (AvgIpc) is 2.72. The largest absolute Gasteiger partial charge is 0.495 e. The number of ether oxygens (including phenoxy) is 1. The highest BCUT2D eigenvalue weighted by Crippen LogP contribution is 2.31. The molecule has 0 amide bonds. The van der Waals surface area contributed by atoms with Gasteiger partial charge in [-0.3, -0.25) is 9.10 Å². The van der Waals surface area contributed by atoms with E-state index >= 15 is 0 Å². The third-order valence-corrected chi connectivity index (χ3v) is 6.61. The van der Waals surface area contributed by atoms with Gasteiger partial charge in [0.05, 0.1) is 28.6 Å². The number of sulfonamides is 1. The lowest BCUT2D eigenvalue weighted by molar-refractivity contribution is 0.416. The van der Waals surface area contributed by atoms with Crippen LogP contribution in [0.4, 0.5) is 5.69 Å². The smallest absolute Gasteiger partial charge is 0.281 e. The molecule has 0 aliphatic rings. The van der Waals surface area contributed by atoms with Crippen molar-refractivity contribution in [3.63, 3.8) is 0 Å². The minimum absolute atomic E-state index is 0.00404. The predicted molar refractivity (Wildman–Crippen MR) is 112 cm³/mol. The van der Waals surface area contributed by atoms with Crippen molar-refractivity contribution in [3.05, 3.63) is 76.7 Å². The molecule has 0 N–H and O–H groups in total. The molecule has 0 saturated carbocycles. The van der Waals surface area contributed by atoms with E-state index in [0.29, 0.717) is 22.6 Å². The molecule has 4 aromatic rings. The van der Waals surface area contributed by atoms with Crippen molar-refractivity contribution in [3.8, 4) is 5.75 Å². The van der Waals surface area contributed by atoms with E-state index in [9.17, 15) is 13.2 Å². The maximum Gasteiger partial charge on any atom is 0.281 e. The first-order chi connectivity index (χ1) is 13.8. The van der Waals surface area contributed by atoms with Crippen LogP contribution in [0.2, 0.25) is 0 Å². The van der Waals surface area contributed by atoms with Crippen molar-refractivity contribution in [2.24, 2.45) is 0 Å². The molecule has 0 spiro atoms. The van der Waals surface area contributed by atoms with Crippen molar-refractivity contribution in [2.75, 3.05) is 18.5 Å². The third kappa shape index (κ3) is 3.11. The van der Waals surface area contributed by atoms with Crippen molar-refractivity contribution < 1.29 is 13.2 Å². The van der Waals surface area contributed by atoms with Crippen LogP contribution in [0.5, 0.6) is 5.75 Å². The maximum absolute atomic E-state index is 13.2. The summed E-state index contributed by atoms with van der Waals surface area (Å²) in [6, 6.07) is 15.0. The summed E-state index contributed by atoms with van der Waals surface area (Å²) >= 11 is 0. The van der Waals surface area contributed by atoms with Gasteiger partial charge in [-0.05, 0) is 55.0 Å². The Labute approximate surface area is 167 Å². The van der Waals surface area contributed by atoms with Crippen LogP contribution in [0.25, 0.3) is 16.6 Å². The SMILES string of the molecule is COc1ccccc1N(C)S(=O)(=O)c1ccc2c(c1)c(=O)nc1cc(C)ccn12. The van der Waals surface area contributed by atoms with Gasteiger partial charge < -0.3 is 9.14 Å². The van der Waals surface area contributed by atoms with Crippen LogP contribution < -0.4 is 14.6 Å². The summed E-state index contributed by atoms with van der Waals surface area (Å²) in [5.41, 5.74) is 2.03. The van der Waals surface area contributed by atoms with Crippen LogP contribution in [-0.2, 0) is 10.0 Å². The molecule has 8 heteroatoms. The van der Waals surface area contributed by atoms with Crippen LogP contribution in [0, 0.1) is 6.92 Å². The molecule has 0 atom stereocenters. The Hall–Kier alpha value is -3.39. The van der Waals surface area contributed by atoms with Gasteiger partial charge in [0.1, 0.15) is 11.4 Å². The van der Waals surface area contributed by atoms with E-state index in [0.717, 1.165) is 9.87 Å². The molecule has 0 aliphatic carbocycles. The van der Waals surface area contributed by atoms with Gasteiger partial charge in [-0.1, -0.05) is 12.1 Å². The van der Waals surface area contributed by atoms with Gasteiger partial charge in [-0.25, -0.2) is 8.42 Å². The molecule has 0 fully saturated rings. The number of fused-ring (bicyclic) bond motifs is 3. The minimum atomic E-state index is -3.92. The maximum atomic E-state index is 13.2. The lowest BCUT2D eigenvalue weighted by atomic mass is 10.2. The number of hydrogen-bond acceptors (Lipinski definition) is 5. The number of pyridine rings is 1. The zero-order valence-electron chi connectivity index (χ0n) is 16.2. The van der Waals surface area contributed by atoms with E-state index in [-0.39, 0.29) is 10.3 Å². The van der Waals surface area contributed by atoms with Crippen molar-refractivity contribution in [2.45, 2.75) is 11.8 Å². The quantitative estimate of drug-likeness (QED) is 0.484. The highest BCUT2D eigenvalue weighted by atomic mass is 32.2. The lowest BCUT2D eigenvalue weighted by Crippen LogP contribution is -2.27. The summed E-state index contributed by atoms with van der Waals surface area (Å²) in [7, 11) is -0.984. The van der Waals surface area contributed by atoms with Gasteiger partial charge in [0.2, 0.25) is 0 Å². The second-order valence-corrected chi connectivity index (χ2v) is 8.64. The first kappa shape index (κ1) is 18.9. The topological polar surface area (TPSA) is 81.0 Å². The van der Waals surface area contributed by atoms with E-state index in [1.165, 1.54) is 26.3 Å². The summed E-state index contributed by atoms with van der Waals surface area (Å²) in [6.45, 7) is 1.92. The first-order valence-corrected chi connectivity index (χ1v) is 10.3. The van der Waals surface area contributed by atoms with Gasteiger partial charge in [0, 0.05) is 13.2 Å². The summed E-state index contributed by atoms with van der Waals surface area (Å²) in [5.74, 6) is 0.433. The molecule has 0 aliphatic heterocycles. The van der Waals surface area contributed by atoms with E-state index < -0.39 is 15.6 Å². The van der Waals surface area contributed by atoms with E-state index in [1.54, 1.807) is 40.8 Å². The van der Waals surface area contributed by atoms with E-state index in [4.69, 9.17) is 4.74 Å². The van der Waals surface area contributed by atoms with Crippen LogP contribution in [0.15, 0.2) is 70.5 Å². The monoisotopic (exact) mass is 409 g/mol. The highest BCUT2D eigenvalue weighted by Gasteiger charge is 2.24. The number of para-hydroxylation sites is 2. The van der Waals surface area contributed by atoms with Gasteiger partial charge in [-0.2, -0.15) is 4.98 Å². The average molecular weight is 409 g/mol. The molecule has 4 rings (SSSR count). The molecule has 0 saturated heterocycles. The molecule has 0 bridgehead atoms. The van der Waals surface area contributed by atoms with Gasteiger partial charge in [0.15, 0.2) is 0 Å². The molecule has 2 heterocycles. The van der Waals surface area contributed by atoms with Gasteiger partial charge >= 0.3 is 0 Å². The summed E-state index contributed by atoms with van der Waals surface area (Å²) in [6.07, 6.45) is 1.81. The number of aryl methyl sites for hydroxylation is 1. The van der Waals surface area contributed by atoms with E-state index in [1.807, 2.05) is 19.2 Å². The Bertz CT molecular complexity index is 1410. The summed E-state index contributed by atoms with van der Waals surface area (Å²) < 4.78 is 34.6. The molecular weight excluding hydrogens is 390 g/mol. The molecule has 29 heavy (non-hydrogen) atoms. The number of methoxy groups -OCH3 is 1. The lowest BCUT2D eigenvalue weighted by Gasteiger charge is -2.21. The van der Waals surface area contributed by atoms with Gasteiger partial charge in [-0.15, -0.1) is 0 Å². The molecule has 0 radical (unpaired) electrons. The number of anilines is 1. The molecular formula is C21H19N3O4S. The summed E-state index contributed by atoms with van der Waals surface area (Å²) in [4.78, 5) is 16.7. The number of benzene rings is 2. The molecule has 7 nitrogen and oxygen atoms in total. The third-order valence-electron chi connectivity index (χ3n) is 4.85. The molecule has 148 valence electrons. The Morgan fingerprint density at radius 1 is 1.07 bits per heavy atom. The number of nitrogens with zero attached hydrogens (tertiary/aromatic N) is 3. The van der Waals surface area contributed by atoms with Gasteiger partial charge in [0.25, 0.3) is 15.6 Å². The fourth-order valence-corrected chi connectivity index (χ4v) is 4.51. The van der Waals surface area contributed by atoms with Crippen LogP contribution in [-0.4, -0.2) is 32.0 Å². The minimum Gasteiger partial charge on any atom is -0.495 e. The standard InChI is InChI=1S/C21H19N3O4S/c1-14-10-11-24-17-9-8-15(13-16(17)21(25)22-20(24)12-14)29(26,27)23(2)18-6-4-5-7-19(18)28-3/h4-13H,1-3H3. The van der Waals surface area contributed by atoms with Crippen LogP contribution in [0.1, 0.15) is 5.56 Å². The second kappa shape index (κ2) is 6.89. The Morgan fingerprint density at radius 2 is 1.83 bits per heavy atom. The fourth-order valence-electron chi connectivity index (χ4n) is 3.28. The zero-order chi connectivity index (χ0) is 20.8. The Balaban J connectivity index is 1.89. The fraction of sp³-hybridized carbons (Fsp3) is 0.143. The molecule has 2 aromatic carbocycles. The van der Waals surface area contributed by atoms with Crippen LogP contribution in [0.3, 0.4) is 0 Å². The zero-order valence-corrected chi connectivity index (χ0v) is 17.0. The van der Waals surface area contributed by atoms with Crippen molar-refractivity contribution in [1.29, 1.82) is 0 Å². The Morgan fingerprint density at radius 3 is 2.59 bits per heavy atom. The summed E-state index contributed by atoms with van der Waals surface area (Å²) in [5, 5.41) is 0.237. The highest BCUT2D eigenvalue weighted by molar-refractivity contribution is 7.92. The second-order valence-electron chi connectivity index (χ2n) is 6.67. The molecule has 0 unspecified atom stereocenters. The van der Waals surface area contributed by atoms with E-state index in [2.05, 4.69) is 4.98 Å². The van der Waals surface area contributed by atoms with Crippen LogP contribution >= 0.6 is 0 Å². The Kier molecular flexibility index (Phi) is 4.50. The number of rotatable bonds is 4. The van der Waals surface area contributed by atoms with Crippen molar-refractivity contribution in [1.82, 2.24) is 9.38 Å².